The molecule has 0 bridgehead atoms. The van der Waals surface area contributed by atoms with Crippen LogP contribution in [0.15, 0.2) is 12.3 Å². The van der Waals surface area contributed by atoms with Crippen molar-refractivity contribution in [3.8, 4) is 6.07 Å². The van der Waals surface area contributed by atoms with Crippen molar-refractivity contribution < 1.29 is 14.6 Å². The molecule has 1 atom stereocenters. The SMILES string of the molecule is CCOCC(O)CNC(=O)c1cc(C#N)cn1C. The number of hydrogen-bond acceptors (Lipinski definition) is 4. The van der Waals surface area contributed by atoms with Crippen molar-refractivity contribution in [2.75, 3.05) is 19.8 Å². The van der Waals surface area contributed by atoms with Gasteiger partial charge in [-0.3, -0.25) is 4.79 Å². The van der Waals surface area contributed by atoms with Gasteiger partial charge in [-0.2, -0.15) is 5.26 Å². The van der Waals surface area contributed by atoms with E-state index in [0.29, 0.717) is 17.9 Å². The molecule has 0 radical (unpaired) electrons. The van der Waals surface area contributed by atoms with E-state index in [9.17, 15) is 9.90 Å². The number of nitrogens with zero attached hydrogens (tertiary/aromatic N) is 2. The third kappa shape index (κ3) is 3.87. The van der Waals surface area contributed by atoms with Crippen LogP contribution in [0, 0.1) is 11.3 Å². The van der Waals surface area contributed by atoms with Crippen LogP contribution in [-0.2, 0) is 11.8 Å². The van der Waals surface area contributed by atoms with Gasteiger partial charge in [0.05, 0.1) is 18.3 Å². The van der Waals surface area contributed by atoms with Gasteiger partial charge in [0.25, 0.3) is 5.91 Å². The Labute approximate surface area is 106 Å². The molecule has 0 aliphatic carbocycles. The molecule has 18 heavy (non-hydrogen) atoms. The highest BCUT2D eigenvalue weighted by atomic mass is 16.5. The Bertz CT molecular complexity index is 448. The Balaban J connectivity index is 2.50. The summed E-state index contributed by atoms with van der Waals surface area (Å²) in [6, 6.07) is 3.47. The Morgan fingerprint density at radius 1 is 1.72 bits per heavy atom. The highest BCUT2D eigenvalue weighted by Crippen LogP contribution is 2.05. The molecule has 0 aromatic carbocycles. The summed E-state index contributed by atoms with van der Waals surface area (Å²) in [4.78, 5) is 11.8. The van der Waals surface area contributed by atoms with Crippen LogP contribution in [0.1, 0.15) is 23.0 Å². The first-order valence-electron chi connectivity index (χ1n) is 5.69. The summed E-state index contributed by atoms with van der Waals surface area (Å²) in [7, 11) is 1.69. The number of hydrogen-bond donors (Lipinski definition) is 2. The second-order valence-corrected chi connectivity index (χ2v) is 3.86. The molecule has 0 aliphatic heterocycles. The van der Waals surface area contributed by atoms with E-state index < -0.39 is 6.10 Å². The third-order valence-corrected chi connectivity index (χ3v) is 2.38. The average Bonchev–Trinajstić information content (AvgIpc) is 2.74. The zero-order valence-electron chi connectivity index (χ0n) is 10.5. The van der Waals surface area contributed by atoms with Gasteiger partial charge in [-0.05, 0) is 13.0 Å². The predicted octanol–water partition coefficient (Wildman–Crippen LogP) is 0.0240. The molecule has 98 valence electrons. The summed E-state index contributed by atoms with van der Waals surface area (Å²) in [5.74, 6) is -0.324. The highest BCUT2D eigenvalue weighted by Gasteiger charge is 2.13. The lowest BCUT2D eigenvalue weighted by Gasteiger charge is -2.11. The molecule has 0 aliphatic rings. The van der Waals surface area contributed by atoms with Crippen molar-refractivity contribution in [2.45, 2.75) is 13.0 Å². The topological polar surface area (TPSA) is 87.3 Å². The standard InChI is InChI=1S/C12H17N3O3/c1-3-18-8-10(16)6-14-12(17)11-4-9(5-13)7-15(11)2/h4,7,10,16H,3,6,8H2,1-2H3,(H,14,17). The zero-order valence-corrected chi connectivity index (χ0v) is 10.5. The van der Waals surface area contributed by atoms with Gasteiger partial charge >= 0.3 is 0 Å². The van der Waals surface area contributed by atoms with Gasteiger partial charge in [0.2, 0.25) is 0 Å². The maximum atomic E-state index is 11.8. The van der Waals surface area contributed by atoms with Crippen molar-refractivity contribution in [3.05, 3.63) is 23.5 Å². The molecule has 0 fully saturated rings. The number of nitriles is 1. The normalized spacial score (nSPS) is 11.9. The van der Waals surface area contributed by atoms with Crippen molar-refractivity contribution in [1.29, 1.82) is 5.26 Å². The van der Waals surface area contributed by atoms with E-state index in [1.165, 1.54) is 6.07 Å². The van der Waals surface area contributed by atoms with Gasteiger partial charge in [0, 0.05) is 26.4 Å². The van der Waals surface area contributed by atoms with Gasteiger partial charge < -0.3 is 19.7 Å². The molecule has 1 heterocycles. The van der Waals surface area contributed by atoms with Crippen molar-refractivity contribution in [1.82, 2.24) is 9.88 Å². The Morgan fingerprint density at radius 2 is 2.44 bits per heavy atom. The van der Waals surface area contributed by atoms with Gasteiger partial charge in [0.15, 0.2) is 0 Å². The molecular weight excluding hydrogens is 234 g/mol. The zero-order chi connectivity index (χ0) is 13.5. The van der Waals surface area contributed by atoms with Crippen LogP contribution < -0.4 is 5.32 Å². The van der Waals surface area contributed by atoms with E-state index in [1.54, 1.807) is 17.8 Å². The van der Waals surface area contributed by atoms with Gasteiger partial charge in [-0.15, -0.1) is 0 Å². The summed E-state index contributed by atoms with van der Waals surface area (Å²) in [5, 5.41) is 20.8. The van der Waals surface area contributed by atoms with Crippen LogP contribution in [0.4, 0.5) is 0 Å². The third-order valence-electron chi connectivity index (χ3n) is 2.38. The van der Waals surface area contributed by atoms with Crippen molar-refractivity contribution in [3.63, 3.8) is 0 Å². The van der Waals surface area contributed by atoms with Crippen LogP contribution in [0.25, 0.3) is 0 Å². The summed E-state index contributed by atoms with van der Waals surface area (Å²) in [6.45, 7) is 2.66. The molecule has 1 amide bonds. The molecule has 6 nitrogen and oxygen atoms in total. The molecule has 6 heteroatoms. The Kier molecular flexibility index (Phi) is 5.36. The van der Waals surface area contributed by atoms with E-state index in [-0.39, 0.29) is 19.1 Å². The summed E-state index contributed by atoms with van der Waals surface area (Å²) < 4.78 is 6.60. The van der Waals surface area contributed by atoms with Crippen molar-refractivity contribution >= 4 is 5.91 Å². The second kappa shape index (κ2) is 6.79. The van der Waals surface area contributed by atoms with Gasteiger partial charge in [-0.1, -0.05) is 0 Å². The number of carbonyl (C=O) groups excluding carboxylic acids is 1. The summed E-state index contributed by atoms with van der Waals surface area (Å²) >= 11 is 0. The fraction of sp³-hybridized carbons (Fsp3) is 0.500. The van der Waals surface area contributed by atoms with Crippen LogP contribution >= 0.6 is 0 Å². The molecule has 1 unspecified atom stereocenters. The Hall–Kier alpha value is -1.84. The minimum Gasteiger partial charge on any atom is -0.389 e. The molecule has 1 rings (SSSR count). The predicted molar refractivity (Wildman–Crippen MR) is 65.0 cm³/mol. The van der Waals surface area contributed by atoms with Crippen LogP contribution in [0.2, 0.25) is 0 Å². The fourth-order valence-corrected chi connectivity index (χ4v) is 1.47. The van der Waals surface area contributed by atoms with E-state index >= 15 is 0 Å². The number of ether oxygens (including phenoxy) is 1. The van der Waals surface area contributed by atoms with Crippen LogP contribution in [0.5, 0.6) is 0 Å². The van der Waals surface area contributed by atoms with Gasteiger partial charge in [-0.25, -0.2) is 0 Å². The summed E-state index contributed by atoms with van der Waals surface area (Å²) in [5.41, 5.74) is 0.813. The lowest BCUT2D eigenvalue weighted by atomic mass is 10.3. The quantitative estimate of drug-likeness (QED) is 0.746. The fourth-order valence-electron chi connectivity index (χ4n) is 1.47. The smallest absolute Gasteiger partial charge is 0.268 e. The van der Waals surface area contributed by atoms with E-state index in [1.807, 2.05) is 13.0 Å². The highest BCUT2D eigenvalue weighted by molar-refractivity contribution is 5.93. The number of carbonyl (C=O) groups is 1. The van der Waals surface area contributed by atoms with Crippen molar-refractivity contribution in [2.24, 2.45) is 7.05 Å². The van der Waals surface area contributed by atoms with Gasteiger partial charge in [0.1, 0.15) is 11.8 Å². The molecule has 2 N–H and O–H groups in total. The molecule has 0 saturated carbocycles. The number of amides is 1. The van der Waals surface area contributed by atoms with E-state index in [0.717, 1.165) is 0 Å². The maximum Gasteiger partial charge on any atom is 0.268 e. The molecular formula is C12H17N3O3. The largest absolute Gasteiger partial charge is 0.389 e. The lowest BCUT2D eigenvalue weighted by Crippen LogP contribution is -2.35. The first-order chi connectivity index (χ1) is 8.58. The van der Waals surface area contributed by atoms with E-state index in [4.69, 9.17) is 10.00 Å². The first-order valence-corrected chi connectivity index (χ1v) is 5.69. The number of aliphatic hydroxyl groups excluding tert-OH is 1. The number of nitrogens with one attached hydrogen (secondary N) is 1. The first kappa shape index (κ1) is 14.2. The molecule has 0 saturated heterocycles. The summed E-state index contributed by atoms with van der Waals surface area (Å²) in [6.07, 6.45) is 0.843. The maximum absolute atomic E-state index is 11.8. The average molecular weight is 251 g/mol. The monoisotopic (exact) mass is 251 g/mol. The minimum atomic E-state index is -0.732. The lowest BCUT2D eigenvalue weighted by molar-refractivity contribution is 0.0417. The number of rotatable bonds is 6. The number of aryl methyl sites for hydroxylation is 1. The number of aliphatic hydroxyl groups is 1. The molecule has 1 aromatic heterocycles. The number of aromatic nitrogens is 1. The van der Waals surface area contributed by atoms with Crippen LogP contribution in [-0.4, -0.2) is 41.4 Å². The Morgan fingerprint density at radius 3 is 3.00 bits per heavy atom. The molecule has 0 spiro atoms. The minimum absolute atomic E-state index is 0.117. The second-order valence-electron chi connectivity index (χ2n) is 3.86. The van der Waals surface area contributed by atoms with E-state index in [2.05, 4.69) is 5.32 Å². The van der Waals surface area contributed by atoms with Crippen LogP contribution in [0.3, 0.4) is 0 Å². The molecule has 1 aromatic rings.